The first kappa shape index (κ1) is 15.4. The first-order valence-corrected chi connectivity index (χ1v) is 6.54. The van der Waals surface area contributed by atoms with Gasteiger partial charge in [0.05, 0.1) is 0 Å². The molecule has 2 heterocycles. The summed E-state index contributed by atoms with van der Waals surface area (Å²) in [5.74, 6) is 0.655. The Labute approximate surface area is 116 Å². The van der Waals surface area contributed by atoms with Crippen LogP contribution in [0.25, 0.3) is 0 Å². The summed E-state index contributed by atoms with van der Waals surface area (Å²) in [5, 5.41) is 0. The third kappa shape index (κ3) is 4.23. The van der Waals surface area contributed by atoms with Crippen LogP contribution in [0.15, 0.2) is 18.3 Å². The van der Waals surface area contributed by atoms with Crippen molar-refractivity contribution in [1.29, 1.82) is 0 Å². The van der Waals surface area contributed by atoms with E-state index in [0.29, 0.717) is 12.0 Å². The number of halogens is 1. The van der Waals surface area contributed by atoms with Gasteiger partial charge in [0, 0.05) is 31.0 Å². The molecular formula is C14H24ClN3. The van der Waals surface area contributed by atoms with Crippen LogP contribution in [-0.2, 0) is 6.54 Å². The molecule has 1 aromatic rings. The predicted molar refractivity (Wildman–Crippen MR) is 77.9 cm³/mol. The van der Waals surface area contributed by atoms with E-state index in [1.807, 2.05) is 13.1 Å². The van der Waals surface area contributed by atoms with Crippen molar-refractivity contribution in [2.45, 2.75) is 39.3 Å². The summed E-state index contributed by atoms with van der Waals surface area (Å²) < 4.78 is 0. The van der Waals surface area contributed by atoms with Crippen molar-refractivity contribution >= 4 is 12.4 Å². The quantitative estimate of drug-likeness (QED) is 0.916. The van der Waals surface area contributed by atoms with E-state index in [2.05, 4.69) is 28.9 Å². The number of hydrogen-bond donors (Lipinski definition) is 1. The normalized spacial score (nSPS) is 22.3. The Balaban J connectivity index is 0.00000162. The Hall–Kier alpha value is -0.640. The lowest BCUT2D eigenvalue weighted by Gasteiger charge is -2.34. The number of likely N-dealkylation sites (tertiary alicyclic amines) is 1. The molecule has 3 nitrogen and oxygen atoms in total. The largest absolute Gasteiger partial charge is 0.328 e. The van der Waals surface area contributed by atoms with Crippen LogP contribution >= 0.6 is 12.4 Å². The van der Waals surface area contributed by atoms with Crippen molar-refractivity contribution in [3.8, 4) is 0 Å². The van der Waals surface area contributed by atoms with Crippen LogP contribution in [0.3, 0.4) is 0 Å². The molecular weight excluding hydrogens is 246 g/mol. The molecule has 0 bridgehead atoms. The van der Waals surface area contributed by atoms with Crippen molar-refractivity contribution in [2.75, 3.05) is 13.1 Å². The van der Waals surface area contributed by atoms with E-state index < -0.39 is 0 Å². The van der Waals surface area contributed by atoms with Gasteiger partial charge in [0.1, 0.15) is 0 Å². The third-order valence-corrected chi connectivity index (χ3v) is 3.66. The monoisotopic (exact) mass is 269 g/mol. The maximum absolute atomic E-state index is 6.00. The van der Waals surface area contributed by atoms with E-state index >= 15 is 0 Å². The minimum absolute atomic E-state index is 0. The van der Waals surface area contributed by atoms with Crippen LogP contribution in [0.1, 0.15) is 31.0 Å². The SMILES string of the molecule is Cc1ccc(CN2CCCC(C(C)N)C2)cn1.Cl. The third-order valence-electron chi connectivity index (χ3n) is 3.66. The molecule has 0 radical (unpaired) electrons. The number of nitrogens with zero attached hydrogens (tertiary/aromatic N) is 2. The summed E-state index contributed by atoms with van der Waals surface area (Å²) in [6, 6.07) is 4.58. The molecule has 0 amide bonds. The van der Waals surface area contributed by atoms with Crippen LogP contribution in [0.2, 0.25) is 0 Å². The topological polar surface area (TPSA) is 42.1 Å². The maximum atomic E-state index is 6.00. The number of nitrogens with two attached hydrogens (primary N) is 1. The smallest absolute Gasteiger partial charge is 0.0372 e. The maximum Gasteiger partial charge on any atom is 0.0372 e. The molecule has 1 aliphatic heterocycles. The van der Waals surface area contributed by atoms with E-state index in [0.717, 1.165) is 18.8 Å². The first-order chi connectivity index (χ1) is 8.15. The average Bonchev–Trinajstić information content (AvgIpc) is 2.32. The fourth-order valence-corrected chi connectivity index (χ4v) is 2.51. The minimum atomic E-state index is 0. The van der Waals surface area contributed by atoms with Gasteiger partial charge in [-0.25, -0.2) is 0 Å². The van der Waals surface area contributed by atoms with Crippen LogP contribution in [0, 0.1) is 12.8 Å². The molecule has 1 saturated heterocycles. The van der Waals surface area contributed by atoms with Gasteiger partial charge in [-0.15, -0.1) is 12.4 Å². The molecule has 2 atom stereocenters. The molecule has 1 aromatic heterocycles. The second-order valence-corrected chi connectivity index (χ2v) is 5.30. The summed E-state index contributed by atoms with van der Waals surface area (Å²) in [5.41, 5.74) is 8.39. The lowest BCUT2D eigenvalue weighted by Crippen LogP contribution is -2.41. The molecule has 4 heteroatoms. The molecule has 1 fully saturated rings. The molecule has 102 valence electrons. The molecule has 0 aromatic carbocycles. The van der Waals surface area contributed by atoms with Gasteiger partial charge in [-0.3, -0.25) is 9.88 Å². The number of piperidine rings is 1. The Kier molecular flexibility index (Phi) is 6.06. The Bertz CT molecular complexity index is 351. The van der Waals surface area contributed by atoms with Gasteiger partial charge in [0.25, 0.3) is 0 Å². The molecule has 0 saturated carbocycles. The number of hydrogen-bond acceptors (Lipinski definition) is 3. The number of rotatable bonds is 3. The van der Waals surface area contributed by atoms with Gasteiger partial charge >= 0.3 is 0 Å². The van der Waals surface area contributed by atoms with Gasteiger partial charge in [-0.2, -0.15) is 0 Å². The fraction of sp³-hybridized carbons (Fsp3) is 0.643. The molecule has 2 rings (SSSR count). The van der Waals surface area contributed by atoms with Crippen LogP contribution < -0.4 is 5.73 Å². The summed E-state index contributed by atoms with van der Waals surface area (Å²) in [7, 11) is 0. The van der Waals surface area contributed by atoms with Crippen LogP contribution in [-0.4, -0.2) is 29.0 Å². The molecule has 1 aliphatic rings. The van der Waals surface area contributed by atoms with Crippen molar-refractivity contribution in [1.82, 2.24) is 9.88 Å². The predicted octanol–water partition coefficient (Wildman–Crippen LogP) is 2.37. The summed E-state index contributed by atoms with van der Waals surface area (Å²) >= 11 is 0. The molecule has 2 N–H and O–H groups in total. The van der Waals surface area contributed by atoms with Gasteiger partial charge < -0.3 is 5.73 Å². The van der Waals surface area contributed by atoms with Crippen molar-refractivity contribution in [2.24, 2.45) is 11.7 Å². The zero-order valence-corrected chi connectivity index (χ0v) is 12.1. The zero-order valence-electron chi connectivity index (χ0n) is 11.3. The van der Waals surface area contributed by atoms with Gasteiger partial charge in [0.15, 0.2) is 0 Å². The molecule has 0 aliphatic carbocycles. The van der Waals surface area contributed by atoms with E-state index in [-0.39, 0.29) is 12.4 Å². The van der Waals surface area contributed by atoms with Gasteiger partial charge in [0.2, 0.25) is 0 Å². The highest BCUT2D eigenvalue weighted by Gasteiger charge is 2.22. The minimum Gasteiger partial charge on any atom is -0.328 e. The van der Waals surface area contributed by atoms with Crippen LogP contribution in [0.5, 0.6) is 0 Å². The molecule has 0 spiro atoms. The van der Waals surface area contributed by atoms with Gasteiger partial charge in [-0.05, 0) is 50.8 Å². The second kappa shape index (κ2) is 7.07. The summed E-state index contributed by atoms with van der Waals surface area (Å²) in [4.78, 5) is 6.85. The molecule has 2 unspecified atom stereocenters. The first-order valence-electron chi connectivity index (χ1n) is 6.54. The second-order valence-electron chi connectivity index (χ2n) is 5.30. The van der Waals surface area contributed by atoms with E-state index in [4.69, 9.17) is 5.73 Å². The Morgan fingerprint density at radius 2 is 2.28 bits per heavy atom. The highest BCUT2D eigenvalue weighted by molar-refractivity contribution is 5.85. The zero-order chi connectivity index (χ0) is 12.3. The van der Waals surface area contributed by atoms with E-state index in [1.165, 1.54) is 24.9 Å². The number of aryl methyl sites for hydroxylation is 1. The van der Waals surface area contributed by atoms with Crippen molar-refractivity contribution in [3.05, 3.63) is 29.6 Å². The number of pyridine rings is 1. The van der Waals surface area contributed by atoms with E-state index in [9.17, 15) is 0 Å². The highest BCUT2D eigenvalue weighted by atomic mass is 35.5. The standard InChI is InChI=1S/C14H23N3.ClH/c1-11-5-6-13(8-16-11)9-17-7-3-4-14(10-17)12(2)15;/h5-6,8,12,14H,3-4,7,9-10,15H2,1-2H3;1H. The number of aromatic nitrogens is 1. The van der Waals surface area contributed by atoms with E-state index in [1.54, 1.807) is 0 Å². The summed E-state index contributed by atoms with van der Waals surface area (Å²) in [6.45, 7) is 7.48. The molecule has 18 heavy (non-hydrogen) atoms. The Morgan fingerprint density at radius 1 is 1.50 bits per heavy atom. The van der Waals surface area contributed by atoms with Gasteiger partial charge in [-0.1, -0.05) is 6.07 Å². The van der Waals surface area contributed by atoms with Crippen molar-refractivity contribution < 1.29 is 0 Å². The highest BCUT2D eigenvalue weighted by Crippen LogP contribution is 2.20. The van der Waals surface area contributed by atoms with Crippen LogP contribution in [0.4, 0.5) is 0 Å². The average molecular weight is 270 g/mol. The lowest BCUT2D eigenvalue weighted by molar-refractivity contribution is 0.154. The van der Waals surface area contributed by atoms with Crippen molar-refractivity contribution in [3.63, 3.8) is 0 Å². The Morgan fingerprint density at radius 3 is 2.89 bits per heavy atom. The lowest BCUT2D eigenvalue weighted by atomic mass is 9.92. The fourth-order valence-electron chi connectivity index (χ4n) is 2.51. The summed E-state index contributed by atoms with van der Waals surface area (Å²) in [6.07, 6.45) is 4.54.